The van der Waals surface area contributed by atoms with Gasteiger partial charge in [-0.15, -0.1) is 13.2 Å². The first kappa shape index (κ1) is 9.65. The first-order chi connectivity index (χ1) is 4.80. The number of carbonyl (C=O) groups is 1. The second kappa shape index (κ2) is 5.44. The highest BCUT2D eigenvalue weighted by atomic mass is 33.1. The highest BCUT2D eigenvalue weighted by Crippen LogP contribution is 2.35. The van der Waals surface area contributed by atoms with Crippen molar-refractivity contribution in [1.29, 1.82) is 0 Å². The summed E-state index contributed by atoms with van der Waals surface area (Å²) < 4.78 is 0. The third-order valence-corrected chi connectivity index (χ3v) is 2.95. The molecule has 2 nitrogen and oxygen atoms in total. The van der Waals surface area contributed by atoms with E-state index >= 15 is 0 Å². The van der Waals surface area contributed by atoms with Crippen LogP contribution in [0, 0.1) is 0 Å². The topological polar surface area (TPSA) is 37.3 Å². The Bertz CT molecular complexity index is 145. The van der Waals surface area contributed by atoms with Crippen molar-refractivity contribution in [2.24, 2.45) is 0 Å². The van der Waals surface area contributed by atoms with Gasteiger partial charge in [0.15, 0.2) is 0 Å². The zero-order valence-corrected chi connectivity index (χ0v) is 6.95. The first-order valence-corrected chi connectivity index (χ1v) is 4.80. The Morgan fingerprint density at radius 1 is 1.60 bits per heavy atom. The molecule has 4 heteroatoms. The zero-order valence-electron chi connectivity index (χ0n) is 5.32. The van der Waals surface area contributed by atoms with Crippen molar-refractivity contribution in [1.82, 2.24) is 0 Å². The van der Waals surface area contributed by atoms with E-state index < -0.39 is 5.97 Å². The molecule has 0 amide bonds. The predicted molar refractivity (Wildman–Crippen MR) is 47.0 cm³/mol. The lowest BCUT2D eigenvalue weighted by Gasteiger charge is -1.94. The van der Waals surface area contributed by atoms with Crippen molar-refractivity contribution in [3.8, 4) is 0 Å². The minimum atomic E-state index is -0.753. The molecule has 0 aromatic heterocycles. The molecule has 1 unspecified atom stereocenters. The van der Waals surface area contributed by atoms with Gasteiger partial charge in [-0.05, 0) is 5.41 Å². The fourth-order valence-corrected chi connectivity index (χ4v) is 2.26. The lowest BCUT2D eigenvalue weighted by Crippen LogP contribution is -2.09. The number of carboxylic acid groups (broad SMARTS) is 1. The van der Waals surface area contributed by atoms with E-state index in [4.69, 9.17) is 5.11 Å². The van der Waals surface area contributed by atoms with E-state index in [0.717, 1.165) is 0 Å². The Balaban J connectivity index is 0.000000371. The third kappa shape index (κ3) is 2.98. The van der Waals surface area contributed by atoms with Crippen molar-refractivity contribution in [2.75, 3.05) is 0 Å². The van der Waals surface area contributed by atoms with Crippen LogP contribution in [0.3, 0.4) is 0 Å². The summed E-state index contributed by atoms with van der Waals surface area (Å²) in [5.74, 6) is -0.753. The summed E-state index contributed by atoms with van der Waals surface area (Å²) in [6, 6.07) is 0. The first-order valence-electron chi connectivity index (χ1n) is 2.52. The van der Waals surface area contributed by atoms with Crippen LogP contribution in [0.2, 0.25) is 0 Å². The van der Waals surface area contributed by atoms with Gasteiger partial charge < -0.3 is 5.11 Å². The van der Waals surface area contributed by atoms with E-state index in [9.17, 15) is 4.79 Å². The molecule has 1 N–H and O–H groups in total. The van der Waals surface area contributed by atoms with Crippen LogP contribution in [-0.4, -0.2) is 16.3 Å². The van der Waals surface area contributed by atoms with Gasteiger partial charge in [0.2, 0.25) is 0 Å². The smallest absolute Gasteiger partial charge is 0.321 e. The van der Waals surface area contributed by atoms with Crippen molar-refractivity contribution in [3.63, 3.8) is 0 Å². The minimum absolute atomic E-state index is 0.319. The van der Waals surface area contributed by atoms with Gasteiger partial charge in [-0.1, -0.05) is 27.7 Å². The fourth-order valence-electron chi connectivity index (χ4n) is 0.351. The predicted octanol–water partition coefficient (Wildman–Crippen LogP) is 2.15. The molecule has 1 aliphatic heterocycles. The average Bonchev–Trinajstić information content (AvgIpc) is 2.42. The molecule has 0 aromatic carbocycles. The van der Waals surface area contributed by atoms with Gasteiger partial charge in [0.1, 0.15) is 5.25 Å². The molecule has 1 aliphatic rings. The van der Waals surface area contributed by atoms with Gasteiger partial charge >= 0.3 is 5.97 Å². The molecule has 1 heterocycles. The normalized spacial score (nSPS) is 21.4. The zero-order chi connectivity index (χ0) is 7.98. The summed E-state index contributed by atoms with van der Waals surface area (Å²) in [6.07, 6.45) is 1.68. The van der Waals surface area contributed by atoms with Crippen LogP contribution >= 0.6 is 21.6 Å². The third-order valence-electron chi connectivity index (χ3n) is 0.712. The number of aliphatic carboxylic acids is 1. The SMILES string of the molecule is C=C.O=C(O)C1C=CSS1. The van der Waals surface area contributed by atoms with E-state index in [1.807, 2.05) is 0 Å². The van der Waals surface area contributed by atoms with E-state index in [0.29, 0.717) is 0 Å². The Morgan fingerprint density at radius 3 is 2.40 bits per heavy atom. The molecule has 0 bridgehead atoms. The molecule has 0 aliphatic carbocycles. The fraction of sp³-hybridized carbons (Fsp3) is 0.167. The van der Waals surface area contributed by atoms with Crippen LogP contribution < -0.4 is 0 Å². The molecule has 0 radical (unpaired) electrons. The van der Waals surface area contributed by atoms with Gasteiger partial charge in [-0.3, -0.25) is 4.79 Å². The Kier molecular flexibility index (Phi) is 5.25. The Hall–Kier alpha value is -0.350. The van der Waals surface area contributed by atoms with Gasteiger partial charge in [0.25, 0.3) is 0 Å². The Morgan fingerprint density at radius 2 is 2.20 bits per heavy atom. The average molecular weight is 176 g/mol. The molecule has 1 rings (SSSR count). The molecular formula is C6H8O2S2. The van der Waals surface area contributed by atoms with Crippen molar-refractivity contribution in [2.45, 2.75) is 5.25 Å². The van der Waals surface area contributed by atoms with Crippen LogP contribution in [0.15, 0.2) is 24.6 Å². The molecule has 0 spiro atoms. The van der Waals surface area contributed by atoms with Crippen molar-refractivity contribution >= 4 is 27.6 Å². The molecular weight excluding hydrogens is 168 g/mol. The van der Waals surface area contributed by atoms with E-state index in [1.54, 1.807) is 11.5 Å². The molecule has 0 aromatic rings. The lowest BCUT2D eigenvalue weighted by atomic mass is 10.4. The van der Waals surface area contributed by atoms with Crippen LogP contribution in [-0.2, 0) is 4.79 Å². The summed E-state index contributed by atoms with van der Waals surface area (Å²) in [6.45, 7) is 6.00. The minimum Gasteiger partial charge on any atom is -0.480 e. The summed E-state index contributed by atoms with van der Waals surface area (Å²) in [7, 11) is 2.82. The van der Waals surface area contributed by atoms with Crippen molar-refractivity contribution in [3.05, 3.63) is 24.6 Å². The van der Waals surface area contributed by atoms with Crippen LogP contribution in [0.1, 0.15) is 0 Å². The van der Waals surface area contributed by atoms with Crippen molar-refractivity contribution < 1.29 is 9.90 Å². The number of rotatable bonds is 1. The largest absolute Gasteiger partial charge is 0.480 e. The number of hydrogen-bond acceptors (Lipinski definition) is 3. The molecule has 0 saturated carbocycles. The van der Waals surface area contributed by atoms with E-state index in [2.05, 4.69) is 13.2 Å². The number of hydrogen-bond donors (Lipinski definition) is 1. The quantitative estimate of drug-likeness (QED) is 0.490. The molecule has 0 saturated heterocycles. The second-order valence-electron chi connectivity index (χ2n) is 1.28. The maximum Gasteiger partial charge on any atom is 0.321 e. The van der Waals surface area contributed by atoms with Crippen LogP contribution in [0.25, 0.3) is 0 Å². The summed E-state index contributed by atoms with van der Waals surface area (Å²) in [5.41, 5.74) is 0. The molecule has 1 atom stereocenters. The van der Waals surface area contributed by atoms with Gasteiger partial charge in [-0.2, -0.15) is 0 Å². The molecule has 10 heavy (non-hydrogen) atoms. The summed E-state index contributed by atoms with van der Waals surface area (Å²) >= 11 is 0. The summed E-state index contributed by atoms with van der Waals surface area (Å²) in [5, 5.41) is 9.80. The highest BCUT2D eigenvalue weighted by molar-refractivity contribution is 8.78. The van der Waals surface area contributed by atoms with Crippen LogP contribution in [0.5, 0.6) is 0 Å². The monoisotopic (exact) mass is 176 g/mol. The Labute approximate surface area is 67.8 Å². The van der Waals surface area contributed by atoms with Gasteiger partial charge in [-0.25, -0.2) is 0 Å². The van der Waals surface area contributed by atoms with E-state index in [1.165, 1.54) is 21.6 Å². The second-order valence-corrected chi connectivity index (χ2v) is 3.60. The van der Waals surface area contributed by atoms with Crippen LogP contribution in [0.4, 0.5) is 0 Å². The van der Waals surface area contributed by atoms with E-state index in [-0.39, 0.29) is 5.25 Å². The summed E-state index contributed by atoms with van der Waals surface area (Å²) in [4.78, 5) is 10.1. The maximum absolute atomic E-state index is 10.1. The standard InChI is InChI=1S/C4H4O2S2.C2H4/c5-4(6)3-1-2-7-8-3;1-2/h1-3H,(H,5,6);1-2H2. The number of carboxylic acids is 1. The molecule has 0 fully saturated rings. The highest BCUT2D eigenvalue weighted by Gasteiger charge is 2.17. The molecule has 56 valence electrons. The van der Waals surface area contributed by atoms with Gasteiger partial charge in [0, 0.05) is 0 Å². The maximum atomic E-state index is 10.1. The lowest BCUT2D eigenvalue weighted by molar-refractivity contribution is -0.135. The van der Waals surface area contributed by atoms with Gasteiger partial charge in [0.05, 0.1) is 0 Å².